The van der Waals surface area contributed by atoms with E-state index >= 15 is 0 Å². The second-order valence-corrected chi connectivity index (χ2v) is 7.15. The standard InChI is InChI=1S/C16H35NO/c1-15(2)10-7-8-12-18-13-9-11-17(6)14-16(3,4)5/h15H,7-14H2,1-6H3. The maximum absolute atomic E-state index is 5.67. The van der Waals surface area contributed by atoms with Crippen LogP contribution in [-0.2, 0) is 4.74 Å². The molecule has 0 saturated heterocycles. The van der Waals surface area contributed by atoms with E-state index in [1.165, 1.54) is 19.3 Å². The second kappa shape index (κ2) is 9.80. The third-order valence-electron chi connectivity index (χ3n) is 2.89. The van der Waals surface area contributed by atoms with Crippen molar-refractivity contribution in [3.8, 4) is 0 Å². The van der Waals surface area contributed by atoms with Crippen molar-refractivity contribution in [1.29, 1.82) is 0 Å². The molecule has 0 bridgehead atoms. The molecule has 18 heavy (non-hydrogen) atoms. The molecule has 0 spiro atoms. The summed E-state index contributed by atoms with van der Waals surface area (Å²) in [7, 11) is 2.20. The highest BCUT2D eigenvalue weighted by atomic mass is 16.5. The van der Waals surface area contributed by atoms with Gasteiger partial charge in [0.1, 0.15) is 0 Å². The van der Waals surface area contributed by atoms with Crippen molar-refractivity contribution in [2.24, 2.45) is 11.3 Å². The summed E-state index contributed by atoms with van der Waals surface area (Å²) in [5.41, 5.74) is 0.395. The first-order chi connectivity index (χ1) is 8.31. The molecule has 0 atom stereocenters. The molecule has 0 aromatic heterocycles. The lowest BCUT2D eigenvalue weighted by atomic mass is 9.96. The van der Waals surface area contributed by atoms with Crippen LogP contribution in [0.25, 0.3) is 0 Å². The summed E-state index contributed by atoms with van der Waals surface area (Å²) < 4.78 is 5.67. The largest absolute Gasteiger partial charge is 0.381 e. The van der Waals surface area contributed by atoms with Crippen molar-refractivity contribution in [3.05, 3.63) is 0 Å². The van der Waals surface area contributed by atoms with Crippen LogP contribution >= 0.6 is 0 Å². The number of hydrogen-bond donors (Lipinski definition) is 0. The zero-order valence-electron chi connectivity index (χ0n) is 13.6. The van der Waals surface area contributed by atoms with E-state index in [1.807, 2.05) is 0 Å². The van der Waals surface area contributed by atoms with Crippen molar-refractivity contribution in [1.82, 2.24) is 4.90 Å². The summed E-state index contributed by atoms with van der Waals surface area (Å²) in [6.45, 7) is 15.6. The molecule has 0 fully saturated rings. The lowest BCUT2D eigenvalue weighted by Gasteiger charge is -2.26. The van der Waals surface area contributed by atoms with Crippen molar-refractivity contribution >= 4 is 0 Å². The van der Waals surface area contributed by atoms with Crippen LogP contribution in [0.3, 0.4) is 0 Å². The minimum absolute atomic E-state index is 0.395. The Hall–Kier alpha value is -0.0800. The average molecular weight is 257 g/mol. The molecule has 0 aliphatic heterocycles. The van der Waals surface area contributed by atoms with Crippen LogP contribution in [0.5, 0.6) is 0 Å². The topological polar surface area (TPSA) is 12.5 Å². The number of unbranched alkanes of at least 4 members (excludes halogenated alkanes) is 1. The fraction of sp³-hybridized carbons (Fsp3) is 1.00. The zero-order valence-corrected chi connectivity index (χ0v) is 13.6. The molecule has 0 N–H and O–H groups in total. The van der Waals surface area contributed by atoms with E-state index < -0.39 is 0 Å². The summed E-state index contributed by atoms with van der Waals surface area (Å²) in [6, 6.07) is 0. The van der Waals surface area contributed by atoms with Gasteiger partial charge in [0, 0.05) is 26.3 Å². The Bertz CT molecular complexity index is 184. The minimum atomic E-state index is 0.395. The fourth-order valence-corrected chi connectivity index (χ4v) is 2.18. The number of hydrogen-bond acceptors (Lipinski definition) is 2. The first kappa shape index (κ1) is 17.9. The van der Waals surface area contributed by atoms with Gasteiger partial charge in [0.25, 0.3) is 0 Å². The molecular formula is C16H35NO. The summed E-state index contributed by atoms with van der Waals surface area (Å²) in [5, 5.41) is 0. The monoisotopic (exact) mass is 257 g/mol. The van der Waals surface area contributed by atoms with Crippen LogP contribution in [-0.4, -0.2) is 38.3 Å². The van der Waals surface area contributed by atoms with Crippen LogP contribution in [0.4, 0.5) is 0 Å². The number of nitrogens with zero attached hydrogens (tertiary/aromatic N) is 1. The Balaban J connectivity index is 3.25. The van der Waals surface area contributed by atoms with E-state index in [0.717, 1.165) is 38.6 Å². The lowest BCUT2D eigenvalue weighted by Crippen LogP contribution is -2.30. The highest BCUT2D eigenvalue weighted by Crippen LogP contribution is 2.14. The quantitative estimate of drug-likeness (QED) is 0.544. The first-order valence-corrected chi connectivity index (χ1v) is 7.57. The van der Waals surface area contributed by atoms with E-state index in [4.69, 9.17) is 4.74 Å². The van der Waals surface area contributed by atoms with E-state index in [-0.39, 0.29) is 0 Å². The van der Waals surface area contributed by atoms with Gasteiger partial charge < -0.3 is 9.64 Å². The molecule has 0 unspecified atom stereocenters. The van der Waals surface area contributed by atoms with Gasteiger partial charge in [-0.15, -0.1) is 0 Å². The predicted octanol–water partition coefficient (Wildman–Crippen LogP) is 4.20. The Morgan fingerprint density at radius 2 is 1.61 bits per heavy atom. The molecular weight excluding hydrogens is 222 g/mol. The van der Waals surface area contributed by atoms with Gasteiger partial charge in [0.2, 0.25) is 0 Å². The summed E-state index contributed by atoms with van der Waals surface area (Å²) in [6.07, 6.45) is 5.01. The fourth-order valence-electron chi connectivity index (χ4n) is 2.18. The second-order valence-electron chi connectivity index (χ2n) is 7.15. The van der Waals surface area contributed by atoms with E-state index in [0.29, 0.717) is 5.41 Å². The molecule has 2 heteroatoms. The Morgan fingerprint density at radius 3 is 2.17 bits per heavy atom. The maximum atomic E-state index is 5.67. The molecule has 0 amide bonds. The van der Waals surface area contributed by atoms with Gasteiger partial charge in [-0.05, 0) is 31.2 Å². The number of ether oxygens (including phenoxy) is 1. The van der Waals surface area contributed by atoms with Crippen LogP contribution < -0.4 is 0 Å². The average Bonchev–Trinajstić information content (AvgIpc) is 2.18. The molecule has 0 aliphatic rings. The molecule has 110 valence electrons. The SMILES string of the molecule is CC(C)CCCCOCCCN(C)CC(C)(C)C. The van der Waals surface area contributed by atoms with Crippen molar-refractivity contribution in [2.75, 3.05) is 33.4 Å². The maximum Gasteiger partial charge on any atom is 0.0478 e. The Morgan fingerprint density at radius 1 is 1.00 bits per heavy atom. The zero-order chi connectivity index (χ0) is 14.0. The van der Waals surface area contributed by atoms with Crippen LogP contribution in [0.15, 0.2) is 0 Å². The van der Waals surface area contributed by atoms with E-state index in [9.17, 15) is 0 Å². The van der Waals surface area contributed by atoms with Gasteiger partial charge in [0.05, 0.1) is 0 Å². The molecule has 0 aliphatic carbocycles. The van der Waals surface area contributed by atoms with E-state index in [1.54, 1.807) is 0 Å². The minimum Gasteiger partial charge on any atom is -0.381 e. The predicted molar refractivity (Wildman–Crippen MR) is 81.1 cm³/mol. The summed E-state index contributed by atoms with van der Waals surface area (Å²) >= 11 is 0. The van der Waals surface area contributed by atoms with Gasteiger partial charge in [0.15, 0.2) is 0 Å². The lowest BCUT2D eigenvalue weighted by molar-refractivity contribution is 0.115. The third-order valence-corrected chi connectivity index (χ3v) is 2.89. The highest BCUT2D eigenvalue weighted by molar-refractivity contribution is 4.66. The van der Waals surface area contributed by atoms with Gasteiger partial charge >= 0.3 is 0 Å². The molecule has 2 nitrogen and oxygen atoms in total. The van der Waals surface area contributed by atoms with Gasteiger partial charge in [-0.2, -0.15) is 0 Å². The van der Waals surface area contributed by atoms with Crippen LogP contribution in [0.1, 0.15) is 60.3 Å². The Kier molecular flexibility index (Phi) is 9.76. The van der Waals surface area contributed by atoms with Gasteiger partial charge in [-0.3, -0.25) is 0 Å². The molecule has 0 aromatic rings. The van der Waals surface area contributed by atoms with Gasteiger partial charge in [-0.25, -0.2) is 0 Å². The van der Waals surface area contributed by atoms with Crippen LogP contribution in [0.2, 0.25) is 0 Å². The normalized spacial score (nSPS) is 12.7. The van der Waals surface area contributed by atoms with Crippen molar-refractivity contribution in [3.63, 3.8) is 0 Å². The molecule has 0 radical (unpaired) electrons. The summed E-state index contributed by atoms with van der Waals surface area (Å²) in [4.78, 5) is 2.40. The number of rotatable bonds is 10. The molecule has 0 saturated carbocycles. The first-order valence-electron chi connectivity index (χ1n) is 7.57. The highest BCUT2D eigenvalue weighted by Gasteiger charge is 2.12. The van der Waals surface area contributed by atoms with E-state index in [2.05, 4.69) is 46.6 Å². The van der Waals surface area contributed by atoms with Gasteiger partial charge in [-0.1, -0.05) is 47.5 Å². The molecule has 0 heterocycles. The third kappa shape index (κ3) is 14.0. The molecule has 0 aromatic carbocycles. The Labute approximate surface area is 115 Å². The smallest absolute Gasteiger partial charge is 0.0478 e. The van der Waals surface area contributed by atoms with Crippen molar-refractivity contribution in [2.45, 2.75) is 60.3 Å². The van der Waals surface area contributed by atoms with Crippen LogP contribution in [0, 0.1) is 11.3 Å². The molecule has 0 rings (SSSR count). The van der Waals surface area contributed by atoms with Crippen molar-refractivity contribution < 1.29 is 4.74 Å². The summed E-state index contributed by atoms with van der Waals surface area (Å²) in [5.74, 6) is 0.830.